The van der Waals surface area contributed by atoms with Crippen LogP contribution in [0.2, 0.25) is 0 Å². The molecule has 0 aromatic carbocycles. The van der Waals surface area contributed by atoms with Gasteiger partial charge in [-0.25, -0.2) is 4.79 Å². The van der Waals surface area contributed by atoms with Gasteiger partial charge in [-0.2, -0.15) is 0 Å². The lowest BCUT2D eigenvalue weighted by atomic mass is 11.2. The molecule has 0 spiro atoms. The Hall–Kier alpha value is -0.290. The summed E-state index contributed by atoms with van der Waals surface area (Å²) in [6, 6.07) is 0. The van der Waals surface area contributed by atoms with E-state index < -0.39 is 6.09 Å². The lowest BCUT2D eigenvalue weighted by Gasteiger charge is -2.05. The molecule has 0 fully saturated rings. The normalized spacial score (nSPS) is 18.2. The molecule has 0 aromatic rings. The van der Waals surface area contributed by atoms with Gasteiger partial charge in [0, 0.05) is 0 Å². The van der Waals surface area contributed by atoms with Gasteiger partial charge in [-0.15, -0.1) is 0 Å². The van der Waals surface area contributed by atoms with Crippen molar-refractivity contribution in [3.05, 3.63) is 10.8 Å². The number of hydrogen-bond donors (Lipinski definition) is 1. The van der Waals surface area contributed by atoms with Crippen LogP contribution in [0.4, 0.5) is 4.79 Å². The lowest BCUT2D eigenvalue weighted by molar-refractivity contribution is 0.170. The topological polar surface area (TPSA) is 52.3 Å². The first kappa shape index (κ1) is 6.82. The van der Waals surface area contributed by atoms with Crippen molar-refractivity contribution in [2.75, 3.05) is 0 Å². The average molecular weight is 163 g/mol. The summed E-state index contributed by atoms with van der Waals surface area (Å²) in [5.74, 6) is 0. The Bertz CT molecular complexity index is 140. The lowest BCUT2D eigenvalue weighted by Crippen LogP contribution is -2.16. The molecule has 1 heterocycles. The molecule has 0 unspecified atom stereocenters. The maximum absolute atomic E-state index is 10.1. The highest BCUT2D eigenvalue weighted by molar-refractivity contribution is 8.22. The van der Waals surface area contributed by atoms with Crippen LogP contribution in [0.1, 0.15) is 0 Å². The zero-order chi connectivity index (χ0) is 6.69. The molecule has 0 atom stereocenters. The van der Waals surface area contributed by atoms with Crippen molar-refractivity contribution in [2.45, 2.75) is 4.77 Å². The standard InChI is InChI=1S/C4H5NO2S2/c5-3(6)7-4-8-1-2-9-4/h1-2,4H,(H2,5,6). The second-order valence-electron chi connectivity index (χ2n) is 1.27. The monoisotopic (exact) mass is 163 g/mol. The fraction of sp³-hybridized carbons (Fsp3) is 0.250. The third kappa shape index (κ3) is 2.19. The SMILES string of the molecule is NC(=O)OC1SC=CS1. The van der Waals surface area contributed by atoms with Gasteiger partial charge in [-0.3, -0.25) is 0 Å². The second kappa shape index (κ2) is 3.03. The Kier molecular flexibility index (Phi) is 2.29. The van der Waals surface area contributed by atoms with Gasteiger partial charge < -0.3 is 10.5 Å². The van der Waals surface area contributed by atoms with Crippen molar-refractivity contribution in [3.8, 4) is 0 Å². The molecule has 3 nitrogen and oxygen atoms in total. The second-order valence-corrected chi connectivity index (χ2v) is 3.51. The Labute approximate surface area is 61.0 Å². The molecule has 9 heavy (non-hydrogen) atoms. The van der Waals surface area contributed by atoms with Crippen LogP contribution in [0.3, 0.4) is 0 Å². The largest absolute Gasteiger partial charge is 0.424 e. The fourth-order valence-corrected chi connectivity index (χ4v) is 2.09. The van der Waals surface area contributed by atoms with Crippen LogP contribution in [-0.2, 0) is 4.74 Å². The van der Waals surface area contributed by atoms with Crippen LogP contribution < -0.4 is 5.73 Å². The summed E-state index contributed by atoms with van der Waals surface area (Å²) in [5.41, 5.74) is 4.76. The molecule has 0 radical (unpaired) electrons. The minimum absolute atomic E-state index is 0.164. The highest BCUT2D eigenvalue weighted by Gasteiger charge is 2.13. The van der Waals surface area contributed by atoms with Gasteiger partial charge in [0.25, 0.3) is 0 Å². The van der Waals surface area contributed by atoms with E-state index in [1.807, 2.05) is 10.8 Å². The highest BCUT2D eigenvalue weighted by Crippen LogP contribution is 2.33. The predicted octanol–water partition coefficient (Wildman–Crippen LogP) is 1.32. The number of rotatable bonds is 1. The number of carbonyl (C=O) groups is 1. The number of amides is 1. The molecule has 50 valence electrons. The van der Waals surface area contributed by atoms with Crippen molar-refractivity contribution in [1.29, 1.82) is 0 Å². The Morgan fingerprint density at radius 3 is 2.56 bits per heavy atom. The number of nitrogens with two attached hydrogens (primary N) is 1. The summed E-state index contributed by atoms with van der Waals surface area (Å²) in [6.07, 6.45) is -0.719. The van der Waals surface area contributed by atoms with Gasteiger partial charge >= 0.3 is 6.09 Å². The van der Waals surface area contributed by atoms with Gasteiger partial charge in [0.15, 0.2) is 0 Å². The minimum atomic E-state index is -0.719. The van der Waals surface area contributed by atoms with E-state index in [0.29, 0.717) is 0 Å². The first-order chi connectivity index (χ1) is 4.29. The first-order valence-corrected chi connectivity index (χ1v) is 4.09. The molecule has 0 bridgehead atoms. The molecule has 0 saturated carbocycles. The minimum Gasteiger partial charge on any atom is -0.424 e. The Morgan fingerprint density at radius 2 is 2.11 bits per heavy atom. The van der Waals surface area contributed by atoms with E-state index in [9.17, 15) is 4.79 Å². The van der Waals surface area contributed by atoms with Crippen molar-refractivity contribution in [3.63, 3.8) is 0 Å². The first-order valence-electron chi connectivity index (χ1n) is 2.21. The Balaban J connectivity index is 2.22. The number of thioether (sulfide) groups is 2. The van der Waals surface area contributed by atoms with Crippen LogP contribution in [0.15, 0.2) is 10.8 Å². The van der Waals surface area contributed by atoms with E-state index in [0.717, 1.165) is 0 Å². The summed E-state index contributed by atoms with van der Waals surface area (Å²) in [6.45, 7) is 0. The number of carbonyl (C=O) groups excluding carboxylic acids is 1. The third-order valence-corrected chi connectivity index (χ3v) is 2.71. The fourth-order valence-electron chi connectivity index (χ4n) is 0.375. The molecule has 0 aliphatic carbocycles. The van der Waals surface area contributed by atoms with Gasteiger partial charge in [-0.05, 0) is 10.8 Å². The average Bonchev–Trinajstić information content (AvgIpc) is 2.15. The predicted molar refractivity (Wildman–Crippen MR) is 38.8 cm³/mol. The van der Waals surface area contributed by atoms with E-state index in [2.05, 4.69) is 4.74 Å². The van der Waals surface area contributed by atoms with Crippen molar-refractivity contribution < 1.29 is 9.53 Å². The number of hydrogen-bond acceptors (Lipinski definition) is 4. The summed E-state index contributed by atoms with van der Waals surface area (Å²) >= 11 is 2.86. The molecule has 5 heteroatoms. The van der Waals surface area contributed by atoms with Crippen LogP contribution >= 0.6 is 23.5 Å². The third-order valence-electron chi connectivity index (χ3n) is 0.647. The quantitative estimate of drug-likeness (QED) is 0.633. The van der Waals surface area contributed by atoms with Crippen molar-refractivity contribution in [2.24, 2.45) is 5.73 Å². The smallest absolute Gasteiger partial charge is 0.406 e. The van der Waals surface area contributed by atoms with E-state index in [1.165, 1.54) is 23.5 Å². The zero-order valence-corrected chi connectivity index (χ0v) is 6.08. The Morgan fingerprint density at radius 1 is 1.56 bits per heavy atom. The summed E-state index contributed by atoms with van der Waals surface area (Å²) < 4.78 is 4.45. The van der Waals surface area contributed by atoms with Gasteiger partial charge in [0.05, 0.1) is 0 Å². The molecular formula is C4H5NO2S2. The highest BCUT2D eigenvalue weighted by atomic mass is 32.2. The van der Waals surface area contributed by atoms with Crippen LogP contribution in [0.25, 0.3) is 0 Å². The summed E-state index contributed by atoms with van der Waals surface area (Å²) in [5, 5.41) is 3.72. The van der Waals surface area contributed by atoms with E-state index in [4.69, 9.17) is 5.73 Å². The summed E-state index contributed by atoms with van der Waals surface area (Å²) in [7, 11) is 0. The molecule has 0 saturated heterocycles. The molecule has 2 N–H and O–H groups in total. The van der Waals surface area contributed by atoms with Crippen LogP contribution in [0.5, 0.6) is 0 Å². The van der Waals surface area contributed by atoms with Gasteiger partial charge in [0.2, 0.25) is 4.77 Å². The molecule has 1 amide bonds. The number of primary amides is 1. The molecule has 1 rings (SSSR count). The van der Waals surface area contributed by atoms with Crippen LogP contribution in [-0.4, -0.2) is 10.9 Å². The van der Waals surface area contributed by atoms with Crippen LogP contribution in [0, 0.1) is 0 Å². The van der Waals surface area contributed by atoms with Crippen molar-refractivity contribution in [1.82, 2.24) is 0 Å². The number of ether oxygens (including phenoxy) is 1. The summed E-state index contributed by atoms with van der Waals surface area (Å²) in [4.78, 5) is 10.1. The molecule has 1 aliphatic rings. The van der Waals surface area contributed by atoms with E-state index >= 15 is 0 Å². The zero-order valence-electron chi connectivity index (χ0n) is 4.44. The van der Waals surface area contributed by atoms with Gasteiger partial charge in [0.1, 0.15) is 0 Å². The van der Waals surface area contributed by atoms with Gasteiger partial charge in [-0.1, -0.05) is 23.5 Å². The molecule has 1 aliphatic heterocycles. The maximum Gasteiger partial charge on any atom is 0.406 e. The molecule has 0 aromatic heterocycles. The molecular weight excluding hydrogens is 158 g/mol. The maximum atomic E-state index is 10.1. The van der Waals surface area contributed by atoms with Crippen molar-refractivity contribution >= 4 is 29.6 Å². The van der Waals surface area contributed by atoms with E-state index in [1.54, 1.807) is 0 Å². The van der Waals surface area contributed by atoms with E-state index in [-0.39, 0.29) is 4.77 Å².